The van der Waals surface area contributed by atoms with Crippen molar-refractivity contribution in [3.8, 4) is 0 Å². The fraction of sp³-hybridized carbons (Fsp3) is 0.929. The van der Waals surface area contributed by atoms with E-state index in [1.165, 1.54) is 0 Å². The van der Waals surface area contributed by atoms with E-state index >= 15 is 0 Å². The molecular weight excluding hydrogens is 228 g/mol. The van der Waals surface area contributed by atoms with Gasteiger partial charge in [0, 0.05) is 25.0 Å². The minimum absolute atomic E-state index is 0.0943. The second-order valence-electron chi connectivity index (χ2n) is 6.48. The van der Waals surface area contributed by atoms with Crippen LogP contribution in [0.5, 0.6) is 0 Å². The van der Waals surface area contributed by atoms with E-state index in [0.29, 0.717) is 31.8 Å². The molecule has 0 aromatic rings. The van der Waals surface area contributed by atoms with Gasteiger partial charge < -0.3 is 15.7 Å². The molecule has 1 aliphatic heterocycles. The van der Waals surface area contributed by atoms with Crippen LogP contribution in [0.25, 0.3) is 0 Å². The fourth-order valence-electron chi connectivity index (χ4n) is 3.14. The maximum absolute atomic E-state index is 12.5. The standard InChI is InChI=1S/C14H26N2O2/c1-10-3-4-11(15)9-12(10)13(17)16-7-5-14(2,18)6-8-16/h10-12,18H,3-9,15H2,1-2H3. The SMILES string of the molecule is CC1CCC(N)CC1C(=O)N1CCC(C)(O)CC1. The highest BCUT2D eigenvalue weighted by molar-refractivity contribution is 5.79. The van der Waals surface area contributed by atoms with Crippen LogP contribution in [0, 0.1) is 11.8 Å². The van der Waals surface area contributed by atoms with E-state index in [2.05, 4.69) is 6.92 Å². The number of piperidine rings is 1. The topological polar surface area (TPSA) is 66.6 Å². The summed E-state index contributed by atoms with van der Waals surface area (Å²) < 4.78 is 0. The molecule has 0 radical (unpaired) electrons. The van der Waals surface area contributed by atoms with Crippen LogP contribution >= 0.6 is 0 Å². The van der Waals surface area contributed by atoms with Gasteiger partial charge in [0.2, 0.25) is 5.91 Å². The third kappa shape index (κ3) is 3.04. The minimum atomic E-state index is -0.592. The van der Waals surface area contributed by atoms with Crippen LogP contribution in [-0.4, -0.2) is 40.6 Å². The number of nitrogens with zero attached hydrogens (tertiary/aromatic N) is 1. The molecule has 4 nitrogen and oxygen atoms in total. The molecule has 3 unspecified atom stereocenters. The number of carbonyl (C=O) groups excluding carboxylic acids is 1. The molecule has 1 amide bonds. The van der Waals surface area contributed by atoms with Crippen LogP contribution in [0.3, 0.4) is 0 Å². The molecule has 1 aliphatic carbocycles. The van der Waals surface area contributed by atoms with Crippen molar-refractivity contribution in [2.24, 2.45) is 17.6 Å². The van der Waals surface area contributed by atoms with Gasteiger partial charge in [-0.1, -0.05) is 6.92 Å². The second kappa shape index (κ2) is 5.17. The molecule has 0 spiro atoms. The number of carbonyl (C=O) groups is 1. The van der Waals surface area contributed by atoms with Crippen molar-refractivity contribution in [2.75, 3.05) is 13.1 Å². The molecule has 1 heterocycles. The Hall–Kier alpha value is -0.610. The number of hydrogen-bond donors (Lipinski definition) is 2. The Morgan fingerprint density at radius 3 is 2.56 bits per heavy atom. The molecule has 4 heteroatoms. The molecule has 104 valence electrons. The summed E-state index contributed by atoms with van der Waals surface area (Å²) in [6.45, 7) is 5.39. The van der Waals surface area contributed by atoms with Crippen molar-refractivity contribution < 1.29 is 9.90 Å². The number of rotatable bonds is 1. The summed E-state index contributed by atoms with van der Waals surface area (Å²) in [4.78, 5) is 14.4. The molecule has 1 saturated heterocycles. The van der Waals surface area contributed by atoms with Crippen molar-refractivity contribution in [1.82, 2.24) is 4.90 Å². The Kier molecular flexibility index (Phi) is 3.97. The van der Waals surface area contributed by atoms with E-state index in [4.69, 9.17) is 5.73 Å². The van der Waals surface area contributed by atoms with E-state index in [9.17, 15) is 9.90 Å². The summed E-state index contributed by atoms with van der Waals surface area (Å²) in [5.74, 6) is 0.796. The second-order valence-corrected chi connectivity index (χ2v) is 6.48. The van der Waals surface area contributed by atoms with Crippen molar-refractivity contribution >= 4 is 5.91 Å². The van der Waals surface area contributed by atoms with Crippen molar-refractivity contribution in [2.45, 2.75) is 57.6 Å². The summed E-state index contributed by atoms with van der Waals surface area (Å²) in [6.07, 6.45) is 4.30. The van der Waals surface area contributed by atoms with Crippen LogP contribution in [0.2, 0.25) is 0 Å². The number of nitrogens with two attached hydrogens (primary N) is 1. The van der Waals surface area contributed by atoms with Crippen molar-refractivity contribution in [1.29, 1.82) is 0 Å². The van der Waals surface area contributed by atoms with Crippen LogP contribution in [0.4, 0.5) is 0 Å². The maximum Gasteiger partial charge on any atom is 0.226 e. The Bertz CT molecular complexity index is 307. The van der Waals surface area contributed by atoms with Crippen LogP contribution < -0.4 is 5.73 Å². The van der Waals surface area contributed by atoms with E-state index in [1.807, 2.05) is 11.8 Å². The monoisotopic (exact) mass is 254 g/mol. The first-order valence-corrected chi connectivity index (χ1v) is 7.16. The smallest absolute Gasteiger partial charge is 0.226 e. The molecular formula is C14H26N2O2. The van der Waals surface area contributed by atoms with Gasteiger partial charge in [-0.05, 0) is 44.9 Å². The van der Waals surface area contributed by atoms with E-state index in [0.717, 1.165) is 19.3 Å². The first-order chi connectivity index (χ1) is 8.39. The van der Waals surface area contributed by atoms with Gasteiger partial charge in [0.1, 0.15) is 0 Å². The molecule has 18 heavy (non-hydrogen) atoms. The average molecular weight is 254 g/mol. The van der Waals surface area contributed by atoms with E-state index in [1.54, 1.807) is 0 Å². The fourth-order valence-corrected chi connectivity index (χ4v) is 3.14. The zero-order chi connectivity index (χ0) is 13.3. The lowest BCUT2D eigenvalue weighted by atomic mass is 9.77. The summed E-state index contributed by atoms with van der Waals surface area (Å²) in [5, 5.41) is 9.92. The summed E-state index contributed by atoms with van der Waals surface area (Å²) >= 11 is 0. The van der Waals surface area contributed by atoms with Gasteiger partial charge in [-0.25, -0.2) is 0 Å². The zero-order valence-corrected chi connectivity index (χ0v) is 11.6. The van der Waals surface area contributed by atoms with Crippen molar-refractivity contribution in [3.63, 3.8) is 0 Å². The molecule has 2 rings (SSSR count). The predicted molar refractivity (Wildman–Crippen MR) is 70.9 cm³/mol. The predicted octanol–water partition coefficient (Wildman–Crippen LogP) is 1.12. The Labute approximate surface area is 110 Å². The van der Waals surface area contributed by atoms with Gasteiger partial charge >= 0.3 is 0 Å². The van der Waals surface area contributed by atoms with Gasteiger partial charge in [-0.15, -0.1) is 0 Å². The third-order valence-electron chi connectivity index (χ3n) is 4.71. The highest BCUT2D eigenvalue weighted by Crippen LogP contribution is 2.32. The Morgan fingerprint density at radius 2 is 1.94 bits per heavy atom. The van der Waals surface area contributed by atoms with Gasteiger partial charge in [-0.2, -0.15) is 0 Å². The highest BCUT2D eigenvalue weighted by Gasteiger charge is 2.36. The Morgan fingerprint density at radius 1 is 1.33 bits per heavy atom. The van der Waals surface area contributed by atoms with Crippen LogP contribution in [0.1, 0.15) is 46.0 Å². The molecule has 1 saturated carbocycles. The number of hydrogen-bond acceptors (Lipinski definition) is 3. The quantitative estimate of drug-likeness (QED) is 0.737. The van der Waals surface area contributed by atoms with E-state index < -0.39 is 5.60 Å². The van der Waals surface area contributed by atoms with Gasteiger partial charge in [0.25, 0.3) is 0 Å². The van der Waals surface area contributed by atoms with Gasteiger partial charge in [-0.3, -0.25) is 4.79 Å². The van der Waals surface area contributed by atoms with Gasteiger partial charge in [0.05, 0.1) is 5.60 Å². The van der Waals surface area contributed by atoms with Gasteiger partial charge in [0.15, 0.2) is 0 Å². The van der Waals surface area contributed by atoms with E-state index in [-0.39, 0.29) is 17.9 Å². The first-order valence-electron chi connectivity index (χ1n) is 7.16. The van der Waals surface area contributed by atoms with Crippen LogP contribution in [0.15, 0.2) is 0 Å². The average Bonchev–Trinajstić information content (AvgIpc) is 2.31. The molecule has 2 fully saturated rings. The lowest BCUT2D eigenvalue weighted by Gasteiger charge is -2.40. The molecule has 0 aromatic carbocycles. The molecule has 3 atom stereocenters. The molecule has 3 N–H and O–H groups in total. The molecule has 0 aromatic heterocycles. The lowest BCUT2D eigenvalue weighted by molar-refractivity contribution is -0.142. The molecule has 2 aliphatic rings. The normalized spacial score (nSPS) is 36.4. The zero-order valence-electron chi connectivity index (χ0n) is 11.6. The molecule has 0 bridgehead atoms. The maximum atomic E-state index is 12.5. The van der Waals surface area contributed by atoms with Crippen molar-refractivity contribution in [3.05, 3.63) is 0 Å². The van der Waals surface area contributed by atoms with Crippen LogP contribution in [-0.2, 0) is 4.79 Å². The number of aliphatic hydroxyl groups is 1. The number of likely N-dealkylation sites (tertiary alicyclic amines) is 1. The lowest BCUT2D eigenvalue weighted by Crippen LogP contribution is -2.49. The minimum Gasteiger partial charge on any atom is -0.390 e. The largest absolute Gasteiger partial charge is 0.390 e. The summed E-state index contributed by atoms with van der Waals surface area (Å²) in [6, 6.07) is 0.183. The highest BCUT2D eigenvalue weighted by atomic mass is 16.3. The number of amides is 1. The Balaban J connectivity index is 1.94. The first kappa shape index (κ1) is 13.8. The third-order valence-corrected chi connectivity index (χ3v) is 4.71. The summed E-state index contributed by atoms with van der Waals surface area (Å²) in [7, 11) is 0. The summed E-state index contributed by atoms with van der Waals surface area (Å²) in [5.41, 5.74) is 5.40.